The molecule has 0 amide bonds. The van der Waals surface area contributed by atoms with Gasteiger partial charge >= 0.3 is 0 Å². The van der Waals surface area contributed by atoms with Crippen LogP contribution in [-0.4, -0.2) is 15.0 Å². The first kappa shape index (κ1) is 19.6. The highest BCUT2D eigenvalue weighted by molar-refractivity contribution is 7.25. The van der Waals surface area contributed by atoms with E-state index in [0.29, 0.717) is 11.1 Å². The summed E-state index contributed by atoms with van der Waals surface area (Å²) in [4.78, 5) is 14.5. The van der Waals surface area contributed by atoms with Crippen molar-refractivity contribution in [1.82, 2.24) is 15.0 Å². The Morgan fingerprint density at radius 1 is 0.367 bits per heavy atom. The highest BCUT2D eigenvalue weighted by atomic mass is 32.1. The molecule has 49 heavy (non-hydrogen) atoms. The number of thiophene rings is 1. The van der Waals surface area contributed by atoms with Crippen molar-refractivity contribution in [3.8, 4) is 67.5 Å². The van der Waals surface area contributed by atoms with Gasteiger partial charge in [0.05, 0.1) is 15.1 Å². The molecule has 0 unspecified atom stereocenters. The maximum atomic E-state index is 9.53. The largest absolute Gasteiger partial charge is 0.208 e. The van der Waals surface area contributed by atoms with Gasteiger partial charge in [0, 0.05) is 36.9 Å². The van der Waals surface area contributed by atoms with Crippen LogP contribution in [0.3, 0.4) is 0 Å². The zero-order valence-electron chi connectivity index (χ0n) is 36.6. The molecule has 0 spiro atoms. The van der Waals surface area contributed by atoms with E-state index >= 15 is 0 Å². The summed E-state index contributed by atoms with van der Waals surface area (Å²) in [6.07, 6.45) is 0. The molecule has 9 aromatic rings. The second-order valence-electron chi connectivity index (χ2n) is 11.2. The van der Waals surface area contributed by atoms with Gasteiger partial charge in [0.15, 0.2) is 17.5 Å². The van der Waals surface area contributed by atoms with Crippen LogP contribution in [-0.2, 0) is 0 Å². The van der Waals surface area contributed by atoms with E-state index in [1.54, 1.807) is 0 Å². The van der Waals surface area contributed by atoms with E-state index in [1.165, 1.54) is 0 Å². The van der Waals surface area contributed by atoms with Crippen molar-refractivity contribution in [1.29, 1.82) is 0 Å². The van der Waals surface area contributed by atoms with Gasteiger partial charge in [0.2, 0.25) is 0 Å². The van der Waals surface area contributed by atoms with Gasteiger partial charge in [-0.1, -0.05) is 158 Å². The quantitative estimate of drug-likeness (QED) is 0.179. The van der Waals surface area contributed by atoms with Crippen molar-refractivity contribution in [2.75, 3.05) is 0 Å². The number of rotatable bonds is 6. The summed E-state index contributed by atoms with van der Waals surface area (Å²) < 4.78 is 97.0. The minimum Gasteiger partial charge on any atom is -0.208 e. The van der Waals surface area contributed by atoms with Gasteiger partial charge in [-0.2, -0.15) is 0 Å². The molecule has 0 radical (unpaired) electrons. The molecule has 2 aromatic heterocycles. The first-order valence-corrected chi connectivity index (χ1v) is 16.3. The highest BCUT2D eigenvalue weighted by Crippen LogP contribution is 2.38. The van der Waals surface area contributed by atoms with E-state index in [4.69, 9.17) is 24.5 Å². The van der Waals surface area contributed by atoms with Crippen LogP contribution in [0.4, 0.5) is 0 Å². The van der Waals surface area contributed by atoms with Crippen molar-refractivity contribution in [3.05, 3.63) is 176 Å². The first-order valence-electron chi connectivity index (χ1n) is 21.0. The standard InChI is InChI=1S/C45H29N3S/c1-4-11-30(12-5-1)33-19-21-34(22-20-33)43-46-44(37-18-10-17-35(27-37)31-13-6-2-7-14-31)48-45(47-43)38-24-26-40-39-25-23-36(32-15-8-3-9-16-32)28-41(39)49-42(40)29-38/h1-29H/i3D,8D,9D,15D,16D,23D,24D,25D,26D,28D,29D. The second-order valence-corrected chi connectivity index (χ2v) is 12.2. The van der Waals surface area contributed by atoms with Crippen LogP contribution in [0.2, 0.25) is 0 Å². The molecule has 0 bridgehead atoms. The van der Waals surface area contributed by atoms with Gasteiger partial charge in [-0.05, 0) is 51.5 Å². The van der Waals surface area contributed by atoms with E-state index in [9.17, 15) is 5.48 Å². The summed E-state index contributed by atoms with van der Waals surface area (Å²) in [5.74, 6) is 0.504. The smallest absolute Gasteiger partial charge is 0.164 e. The van der Waals surface area contributed by atoms with Crippen molar-refractivity contribution in [2.24, 2.45) is 0 Å². The Bertz CT molecular complexity index is 3180. The fraction of sp³-hybridized carbons (Fsp3) is 0. The maximum absolute atomic E-state index is 9.53. The zero-order valence-corrected chi connectivity index (χ0v) is 26.5. The van der Waals surface area contributed by atoms with Crippen LogP contribution in [0.1, 0.15) is 15.1 Å². The monoisotopic (exact) mass is 654 g/mol. The van der Waals surface area contributed by atoms with E-state index < -0.39 is 48.3 Å². The molecular formula is C45H29N3S. The molecule has 9 rings (SSSR count). The lowest BCUT2D eigenvalue weighted by molar-refractivity contribution is 1.07. The summed E-state index contributed by atoms with van der Waals surface area (Å²) in [5.41, 5.74) is 4.41. The molecule has 4 heteroatoms. The average molecular weight is 655 g/mol. The van der Waals surface area contributed by atoms with Crippen LogP contribution in [0.15, 0.2) is 176 Å². The van der Waals surface area contributed by atoms with Crippen LogP contribution in [0, 0.1) is 0 Å². The number of nitrogens with zero attached hydrogens (tertiary/aromatic N) is 3. The summed E-state index contributed by atoms with van der Waals surface area (Å²) in [6.45, 7) is 0. The van der Waals surface area contributed by atoms with Crippen LogP contribution in [0.25, 0.3) is 87.7 Å². The molecule has 0 N–H and O–H groups in total. The third-order valence-corrected chi connectivity index (χ3v) is 9.12. The number of aromatic nitrogens is 3. The summed E-state index contributed by atoms with van der Waals surface area (Å²) in [5, 5.41) is 0.0165. The Balaban J connectivity index is 1.28. The first-order chi connectivity index (χ1) is 28.8. The van der Waals surface area contributed by atoms with Gasteiger partial charge in [-0.3, -0.25) is 0 Å². The SMILES string of the molecule is [2H]c1c([2H])c([2H])c(-c2c([2H])c([2H])c3c(sc4c([2H])c(-c5nc(-c6ccc(-c7ccccc7)cc6)nc(-c6cccc(-c7ccccc7)c6)n5)c([2H])c([2H])c43)c2[2H])c([2H])c1[2H]. The number of hydrogen-bond donors (Lipinski definition) is 0. The highest BCUT2D eigenvalue weighted by Gasteiger charge is 2.15. The van der Waals surface area contributed by atoms with Gasteiger partial charge in [-0.15, -0.1) is 11.3 Å². The van der Waals surface area contributed by atoms with Crippen LogP contribution >= 0.6 is 11.3 Å². The Labute approximate surface area is 304 Å². The van der Waals surface area contributed by atoms with Gasteiger partial charge in [0.1, 0.15) is 0 Å². The molecule has 7 aromatic carbocycles. The second kappa shape index (κ2) is 12.4. The molecule has 0 aliphatic carbocycles. The average Bonchev–Trinajstić information content (AvgIpc) is 3.70. The zero-order chi connectivity index (χ0) is 42.1. The van der Waals surface area contributed by atoms with Gasteiger partial charge in [0.25, 0.3) is 0 Å². The summed E-state index contributed by atoms with van der Waals surface area (Å²) in [6, 6.07) is 29.5. The number of hydrogen-bond acceptors (Lipinski definition) is 4. The topological polar surface area (TPSA) is 38.7 Å². The van der Waals surface area contributed by atoms with E-state index in [-0.39, 0.29) is 72.5 Å². The predicted octanol–water partition coefficient (Wildman–Crippen LogP) is 12.2. The molecule has 0 saturated heterocycles. The molecule has 0 aliphatic heterocycles. The lowest BCUT2D eigenvalue weighted by Crippen LogP contribution is -2.00. The third-order valence-electron chi connectivity index (χ3n) is 8.10. The molecule has 0 aliphatic rings. The van der Waals surface area contributed by atoms with Gasteiger partial charge < -0.3 is 0 Å². The van der Waals surface area contributed by atoms with E-state index in [1.807, 2.05) is 109 Å². The minimum atomic E-state index is -0.645. The van der Waals surface area contributed by atoms with E-state index in [0.717, 1.165) is 33.6 Å². The predicted molar refractivity (Wildman–Crippen MR) is 205 cm³/mol. The molecule has 230 valence electrons. The van der Waals surface area contributed by atoms with Crippen LogP contribution in [0.5, 0.6) is 0 Å². The maximum Gasteiger partial charge on any atom is 0.164 e. The fourth-order valence-corrected chi connectivity index (χ4v) is 6.67. The van der Waals surface area contributed by atoms with Crippen molar-refractivity contribution >= 4 is 31.5 Å². The molecular weight excluding hydrogens is 615 g/mol. The van der Waals surface area contributed by atoms with Crippen LogP contribution < -0.4 is 0 Å². The van der Waals surface area contributed by atoms with Crippen molar-refractivity contribution in [2.45, 2.75) is 0 Å². The molecule has 2 heterocycles. The van der Waals surface area contributed by atoms with Crippen molar-refractivity contribution in [3.63, 3.8) is 0 Å². The Hall–Kier alpha value is -6.23. The van der Waals surface area contributed by atoms with E-state index in [2.05, 4.69) is 0 Å². The Kier molecular flexibility index (Phi) is 4.96. The van der Waals surface area contributed by atoms with Crippen molar-refractivity contribution < 1.29 is 15.1 Å². The summed E-state index contributed by atoms with van der Waals surface area (Å²) >= 11 is 0.896. The normalized spacial score (nSPS) is 14.4. The molecule has 0 atom stereocenters. The molecule has 0 saturated carbocycles. The lowest BCUT2D eigenvalue weighted by atomic mass is 10.0. The van der Waals surface area contributed by atoms with Gasteiger partial charge in [-0.25, -0.2) is 15.0 Å². The number of fused-ring (bicyclic) bond motifs is 3. The molecule has 3 nitrogen and oxygen atoms in total. The minimum absolute atomic E-state index is 0.00655. The Morgan fingerprint density at radius 2 is 0.857 bits per heavy atom. The number of benzene rings is 7. The molecule has 0 fully saturated rings. The Morgan fingerprint density at radius 3 is 1.53 bits per heavy atom. The lowest BCUT2D eigenvalue weighted by Gasteiger charge is -2.10. The third kappa shape index (κ3) is 5.69. The fourth-order valence-electron chi connectivity index (χ4n) is 5.65. The summed E-state index contributed by atoms with van der Waals surface area (Å²) in [7, 11) is 0.